The summed E-state index contributed by atoms with van der Waals surface area (Å²) in [6.07, 6.45) is 2.62. The fourth-order valence-electron chi connectivity index (χ4n) is 2.83. The van der Waals surface area contributed by atoms with E-state index in [2.05, 4.69) is 4.98 Å². The standard InChI is InChI=1S/C17H21ClN2O5/c1-23-11-2-3-13(12(18)8-11)24-7-4-14-16(21)17(22)15(25-14)9-20-6-5-19-10-20/h2-3,5-6,8,10,14-17,21-22H,4,7,9H2,1H3/t14-,15-,16+,17-/m1/s1. The van der Waals surface area contributed by atoms with Gasteiger partial charge >= 0.3 is 0 Å². The van der Waals surface area contributed by atoms with Crippen molar-refractivity contribution in [2.75, 3.05) is 13.7 Å². The molecule has 1 aromatic heterocycles. The molecular weight excluding hydrogens is 348 g/mol. The Kier molecular flexibility index (Phi) is 5.80. The number of aliphatic hydroxyl groups is 2. The van der Waals surface area contributed by atoms with E-state index in [1.165, 1.54) is 0 Å². The van der Waals surface area contributed by atoms with E-state index in [1.807, 2.05) is 0 Å². The van der Waals surface area contributed by atoms with Crippen LogP contribution in [0.3, 0.4) is 0 Å². The molecule has 0 saturated carbocycles. The summed E-state index contributed by atoms with van der Waals surface area (Å²) in [4.78, 5) is 3.95. The van der Waals surface area contributed by atoms with Gasteiger partial charge in [0.25, 0.3) is 0 Å². The number of aliphatic hydroxyl groups excluding tert-OH is 2. The number of nitrogens with zero attached hydrogens (tertiary/aromatic N) is 2. The molecule has 0 bridgehead atoms. The van der Waals surface area contributed by atoms with Gasteiger partial charge < -0.3 is 29.0 Å². The van der Waals surface area contributed by atoms with Gasteiger partial charge in [-0.25, -0.2) is 4.98 Å². The summed E-state index contributed by atoms with van der Waals surface area (Å²) in [5, 5.41) is 20.8. The maximum Gasteiger partial charge on any atom is 0.138 e. The van der Waals surface area contributed by atoms with Crippen molar-refractivity contribution in [3.63, 3.8) is 0 Å². The number of aromatic nitrogens is 2. The minimum absolute atomic E-state index is 0.304. The van der Waals surface area contributed by atoms with Crippen molar-refractivity contribution in [2.24, 2.45) is 0 Å². The Labute approximate surface area is 150 Å². The highest BCUT2D eigenvalue weighted by Gasteiger charge is 2.42. The van der Waals surface area contributed by atoms with Gasteiger partial charge in [-0.15, -0.1) is 0 Å². The van der Waals surface area contributed by atoms with Crippen LogP contribution in [0.25, 0.3) is 0 Å². The van der Waals surface area contributed by atoms with Crippen molar-refractivity contribution < 1.29 is 24.4 Å². The van der Waals surface area contributed by atoms with Gasteiger partial charge in [0, 0.05) is 24.9 Å². The highest BCUT2D eigenvalue weighted by atomic mass is 35.5. The zero-order valence-electron chi connectivity index (χ0n) is 13.8. The lowest BCUT2D eigenvalue weighted by Crippen LogP contribution is -2.34. The summed E-state index contributed by atoms with van der Waals surface area (Å²) in [6, 6.07) is 5.15. The fourth-order valence-corrected chi connectivity index (χ4v) is 3.05. The number of halogens is 1. The van der Waals surface area contributed by atoms with Gasteiger partial charge in [-0.05, 0) is 12.1 Å². The molecule has 3 rings (SSSR count). The van der Waals surface area contributed by atoms with Crippen LogP contribution in [-0.4, -0.2) is 57.9 Å². The van der Waals surface area contributed by atoms with Crippen molar-refractivity contribution in [2.45, 2.75) is 37.4 Å². The molecule has 1 aliphatic heterocycles. The molecule has 0 unspecified atom stereocenters. The van der Waals surface area contributed by atoms with Crippen molar-refractivity contribution >= 4 is 11.6 Å². The number of hydrogen-bond acceptors (Lipinski definition) is 6. The third-order valence-corrected chi connectivity index (χ3v) is 4.51. The first-order chi connectivity index (χ1) is 12.1. The molecule has 25 heavy (non-hydrogen) atoms. The van der Waals surface area contributed by atoms with Crippen molar-refractivity contribution in [3.05, 3.63) is 41.9 Å². The molecule has 2 heterocycles. The SMILES string of the molecule is COc1ccc(OCC[C@H]2O[C@H](Cn3ccnc3)[C@@H](O)[C@H]2O)c(Cl)c1. The molecule has 1 aliphatic rings. The van der Waals surface area contributed by atoms with E-state index in [0.29, 0.717) is 36.1 Å². The van der Waals surface area contributed by atoms with Crippen molar-refractivity contribution in [1.82, 2.24) is 9.55 Å². The molecule has 4 atom stereocenters. The van der Waals surface area contributed by atoms with Crippen LogP contribution in [0.4, 0.5) is 0 Å². The average Bonchev–Trinajstić information content (AvgIpc) is 3.21. The van der Waals surface area contributed by atoms with E-state index < -0.39 is 24.4 Å². The molecule has 0 aliphatic carbocycles. The second-order valence-corrected chi connectivity index (χ2v) is 6.29. The smallest absolute Gasteiger partial charge is 0.138 e. The molecule has 2 aromatic rings. The number of hydrogen-bond donors (Lipinski definition) is 2. The quantitative estimate of drug-likeness (QED) is 0.770. The van der Waals surface area contributed by atoms with Crippen molar-refractivity contribution in [3.8, 4) is 11.5 Å². The predicted molar refractivity (Wildman–Crippen MR) is 91.0 cm³/mol. The van der Waals surface area contributed by atoms with E-state index in [9.17, 15) is 10.2 Å². The second-order valence-electron chi connectivity index (χ2n) is 5.89. The number of methoxy groups -OCH3 is 1. The van der Waals surface area contributed by atoms with E-state index in [1.54, 1.807) is 48.6 Å². The molecule has 2 N–H and O–H groups in total. The Morgan fingerprint density at radius 1 is 1.28 bits per heavy atom. The van der Waals surface area contributed by atoms with E-state index in [-0.39, 0.29) is 0 Å². The van der Waals surface area contributed by atoms with Gasteiger partial charge in [0.2, 0.25) is 0 Å². The number of ether oxygens (including phenoxy) is 3. The fraction of sp³-hybridized carbons (Fsp3) is 0.471. The summed E-state index contributed by atoms with van der Waals surface area (Å²) in [5.74, 6) is 1.18. The molecule has 1 saturated heterocycles. The van der Waals surface area contributed by atoms with E-state index in [4.69, 9.17) is 25.8 Å². The van der Waals surface area contributed by atoms with E-state index >= 15 is 0 Å². The molecule has 1 fully saturated rings. The highest BCUT2D eigenvalue weighted by molar-refractivity contribution is 6.32. The van der Waals surface area contributed by atoms with Gasteiger partial charge in [-0.1, -0.05) is 11.6 Å². The maximum absolute atomic E-state index is 10.2. The number of rotatable bonds is 7. The monoisotopic (exact) mass is 368 g/mol. The molecule has 7 nitrogen and oxygen atoms in total. The lowest BCUT2D eigenvalue weighted by atomic mass is 10.1. The summed E-state index contributed by atoms with van der Waals surface area (Å²) < 4.78 is 18.3. The molecule has 1 aromatic carbocycles. The lowest BCUT2D eigenvalue weighted by Gasteiger charge is -2.15. The minimum atomic E-state index is -0.955. The summed E-state index contributed by atoms with van der Waals surface area (Å²) >= 11 is 6.12. The predicted octanol–water partition coefficient (Wildman–Crippen LogP) is 1.50. The summed E-state index contributed by atoms with van der Waals surface area (Å²) in [5.41, 5.74) is 0. The van der Waals surface area contributed by atoms with Crippen LogP contribution in [0.2, 0.25) is 5.02 Å². The van der Waals surface area contributed by atoms with Gasteiger partial charge in [0.15, 0.2) is 0 Å². The molecule has 0 radical (unpaired) electrons. The highest BCUT2D eigenvalue weighted by Crippen LogP contribution is 2.30. The Balaban J connectivity index is 1.51. The third-order valence-electron chi connectivity index (χ3n) is 4.21. The zero-order valence-corrected chi connectivity index (χ0v) is 14.5. The minimum Gasteiger partial charge on any atom is -0.497 e. The van der Waals surface area contributed by atoms with Gasteiger partial charge in [-0.2, -0.15) is 0 Å². The molecule has 0 spiro atoms. The van der Waals surface area contributed by atoms with Crippen LogP contribution < -0.4 is 9.47 Å². The van der Waals surface area contributed by atoms with Crippen molar-refractivity contribution in [1.29, 1.82) is 0 Å². The first-order valence-corrected chi connectivity index (χ1v) is 8.40. The molecule has 8 heteroatoms. The first-order valence-electron chi connectivity index (χ1n) is 8.02. The molecular formula is C17H21ClN2O5. The molecule has 136 valence electrons. The van der Waals surface area contributed by atoms with E-state index in [0.717, 1.165) is 0 Å². The number of benzene rings is 1. The van der Waals surface area contributed by atoms with Crippen LogP contribution in [0, 0.1) is 0 Å². The van der Waals surface area contributed by atoms with Gasteiger partial charge in [0.05, 0.1) is 37.7 Å². The lowest BCUT2D eigenvalue weighted by molar-refractivity contribution is -0.00883. The Morgan fingerprint density at radius 2 is 2.08 bits per heavy atom. The molecule has 0 amide bonds. The Hall–Kier alpha value is -1.80. The topological polar surface area (TPSA) is 86.0 Å². The Morgan fingerprint density at radius 3 is 2.76 bits per heavy atom. The largest absolute Gasteiger partial charge is 0.497 e. The number of imidazole rings is 1. The first kappa shape index (κ1) is 18.0. The van der Waals surface area contributed by atoms with Crippen LogP contribution in [0.5, 0.6) is 11.5 Å². The van der Waals surface area contributed by atoms with Crippen LogP contribution in [0.15, 0.2) is 36.9 Å². The zero-order chi connectivity index (χ0) is 17.8. The van der Waals surface area contributed by atoms with Crippen LogP contribution in [0.1, 0.15) is 6.42 Å². The van der Waals surface area contributed by atoms with Gasteiger partial charge in [0.1, 0.15) is 29.8 Å². The third kappa shape index (κ3) is 4.24. The second kappa shape index (κ2) is 8.05. The van der Waals surface area contributed by atoms with Gasteiger partial charge in [-0.3, -0.25) is 0 Å². The maximum atomic E-state index is 10.2. The average molecular weight is 369 g/mol. The summed E-state index contributed by atoms with van der Waals surface area (Å²) in [7, 11) is 1.57. The summed E-state index contributed by atoms with van der Waals surface area (Å²) in [6.45, 7) is 0.734. The van der Waals surface area contributed by atoms with Crippen LogP contribution in [-0.2, 0) is 11.3 Å². The Bertz CT molecular complexity index is 682. The normalized spacial score (nSPS) is 25.9. The van der Waals surface area contributed by atoms with Crippen LogP contribution >= 0.6 is 11.6 Å².